The van der Waals surface area contributed by atoms with E-state index in [-0.39, 0.29) is 27.5 Å². The molecule has 126 valence electrons. The second-order valence-corrected chi connectivity index (χ2v) is 9.19. The second kappa shape index (κ2) is 5.01. The van der Waals surface area contributed by atoms with Crippen molar-refractivity contribution in [1.82, 2.24) is 4.72 Å². The van der Waals surface area contributed by atoms with E-state index < -0.39 is 14.9 Å². The van der Waals surface area contributed by atoms with E-state index in [9.17, 15) is 18.5 Å². The topological polar surface area (TPSA) is 89.3 Å². The van der Waals surface area contributed by atoms with Crippen molar-refractivity contribution in [3.8, 4) is 0 Å². The first-order chi connectivity index (χ1) is 10.6. The van der Waals surface area contributed by atoms with Crippen LogP contribution in [0.5, 0.6) is 0 Å². The van der Waals surface area contributed by atoms with Gasteiger partial charge in [-0.25, -0.2) is 13.1 Å². The molecule has 0 aliphatic heterocycles. The molecule has 2 aliphatic rings. The monoisotopic (exact) mass is 338 g/mol. The largest absolute Gasteiger partial charge is 0.289 e. The lowest BCUT2D eigenvalue weighted by Gasteiger charge is -2.39. The summed E-state index contributed by atoms with van der Waals surface area (Å²) < 4.78 is 28.2. The molecule has 1 aromatic rings. The van der Waals surface area contributed by atoms with E-state index in [0.29, 0.717) is 5.92 Å². The number of nitrogens with one attached hydrogen (secondary N) is 1. The average molecular weight is 338 g/mol. The zero-order valence-corrected chi connectivity index (χ0v) is 14.4. The summed E-state index contributed by atoms with van der Waals surface area (Å²) in [6.07, 6.45) is 2.89. The van der Waals surface area contributed by atoms with Crippen molar-refractivity contribution in [2.24, 2.45) is 16.7 Å². The molecule has 1 aromatic carbocycles. The summed E-state index contributed by atoms with van der Waals surface area (Å²) in [7, 11) is -3.92. The Hall–Kier alpha value is -1.47. The highest BCUT2D eigenvalue weighted by Crippen LogP contribution is 2.65. The first-order valence-corrected chi connectivity index (χ1v) is 9.34. The van der Waals surface area contributed by atoms with Crippen LogP contribution in [-0.4, -0.2) is 19.4 Å². The lowest BCUT2D eigenvalue weighted by Crippen LogP contribution is -2.46. The molecule has 1 N–H and O–H groups in total. The SMILES string of the molecule is CC1(C)[C@H]2CC[C@]1(C)[C@@H](NS(=O)(=O)c1ccccc1[N+](=O)[O-])C2. The minimum absolute atomic E-state index is 0.0722. The summed E-state index contributed by atoms with van der Waals surface area (Å²) in [5.41, 5.74) is -0.426. The third-order valence-electron chi connectivity index (χ3n) is 6.44. The highest BCUT2D eigenvalue weighted by atomic mass is 32.2. The van der Waals surface area contributed by atoms with Crippen molar-refractivity contribution in [2.45, 2.75) is 51.0 Å². The molecule has 0 radical (unpaired) electrons. The van der Waals surface area contributed by atoms with Gasteiger partial charge in [0, 0.05) is 12.1 Å². The van der Waals surface area contributed by atoms with Gasteiger partial charge in [0.25, 0.3) is 5.69 Å². The van der Waals surface area contributed by atoms with Crippen LogP contribution in [0.1, 0.15) is 40.0 Å². The van der Waals surface area contributed by atoms with E-state index in [1.54, 1.807) is 0 Å². The number of rotatable bonds is 4. The van der Waals surface area contributed by atoms with Crippen molar-refractivity contribution in [1.29, 1.82) is 0 Å². The Balaban J connectivity index is 1.94. The van der Waals surface area contributed by atoms with Crippen LogP contribution < -0.4 is 4.72 Å². The molecule has 2 fully saturated rings. The summed E-state index contributed by atoms with van der Waals surface area (Å²) in [6, 6.07) is 5.32. The predicted octanol–water partition coefficient (Wildman–Crippen LogP) is 3.09. The second-order valence-electron chi connectivity index (χ2n) is 7.51. The maximum Gasteiger partial charge on any atom is 0.289 e. The van der Waals surface area contributed by atoms with Gasteiger partial charge in [-0.05, 0) is 42.1 Å². The Bertz CT molecular complexity index is 759. The standard InChI is InChI=1S/C16H22N2O4S/c1-15(2)11-8-9-16(15,3)14(10-11)17-23(21,22)13-7-5-4-6-12(13)18(19)20/h4-7,11,14,17H,8-10H2,1-3H3/t11-,14-,16+/m0/s1. The first kappa shape index (κ1) is 16.4. The van der Waals surface area contributed by atoms with E-state index >= 15 is 0 Å². The van der Waals surface area contributed by atoms with Crippen LogP contribution in [0.15, 0.2) is 29.2 Å². The molecule has 2 bridgehead atoms. The van der Waals surface area contributed by atoms with Crippen LogP contribution in [0.4, 0.5) is 5.69 Å². The molecule has 6 nitrogen and oxygen atoms in total. The highest BCUT2D eigenvalue weighted by Gasteiger charge is 2.62. The lowest BCUT2D eigenvalue weighted by molar-refractivity contribution is -0.387. The van der Waals surface area contributed by atoms with Crippen molar-refractivity contribution in [2.75, 3.05) is 0 Å². The van der Waals surface area contributed by atoms with Crippen molar-refractivity contribution < 1.29 is 13.3 Å². The van der Waals surface area contributed by atoms with Gasteiger partial charge in [0.2, 0.25) is 10.0 Å². The molecule has 2 saturated carbocycles. The van der Waals surface area contributed by atoms with E-state index in [2.05, 4.69) is 25.5 Å². The molecule has 0 spiro atoms. The summed E-state index contributed by atoms with van der Waals surface area (Å²) >= 11 is 0. The summed E-state index contributed by atoms with van der Waals surface area (Å²) in [6.45, 7) is 6.53. The number of nitro benzene ring substituents is 1. The number of hydrogen-bond donors (Lipinski definition) is 1. The van der Waals surface area contributed by atoms with Crippen LogP contribution in [0, 0.1) is 26.9 Å². The molecule has 0 saturated heterocycles. The third kappa shape index (κ3) is 2.29. The summed E-state index contributed by atoms with van der Waals surface area (Å²) in [5, 5.41) is 11.1. The number of fused-ring (bicyclic) bond motifs is 2. The Morgan fingerprint density at radius 1 is 1.26 bits per heavy atom. The lowest BCUT2D eigenvalue weighted by atomic mass is 9.69. The number of nitrogens with zero attached hydrogens (tertiary/aromatic N) is 1. The van der Waals surface area contributed by atoms with E-state index in [4.69, 9.17) is 0 Å². The fourth-order valence-electron chi connectivity index (χ4n) is 4.47. The minimum Gasteiger partial charge on any atom is -0.258 e. The summed E-state index contributed by atoms with van der Waals surface area (Å²) in [4.78, 5) is 10.2. The van der Waals surface area contributed by atoms with Crippen molar-refractivity contribution >= 4 is 15.7 Å². The van der Waals surface area contributed by atoms with Crippen LogP contribution in [-0.2, 0) is 10.0 Å². The minimum atomic E-state index is -3.92. The van der Waals surface area contributed by atoms with Crippen LogP contribution >= 0.6 is 0 Å². The van der Waals surface area contributed by atoms with Gasteiger partial charge in [0.1, 0.15) is 0 Å². The number of nitro groups is 1. The Morgan fingerprint density at radius 3 is 2.43 bits per heavy atom. The normalized spacial score (nSPS) is 32.1. The van der Waals surface area contributed by atoms with Gasteiger partial charge in [-0.1, -0.05) is 32.9 Å². The maximum absolute atomic E-state index is 12.7. The third-order valence-corrected chi connectivity index (χ3v) is 7.96. The maximum atomic E-state index is 12.7. The van der Waals surface area contributed by atoms with Crippen LogP contribution in [0.25, 0.3) is 0 Å². The number of sulfonamides is 1. The Kier molecular flexibility index (Phi) is 3.57. The van der Waals surface area contributed by atoms with Gasteiger partial charge in [-0.3, -0.25) is 10.1 Å². The first-order valence-electron chi connectivity index (χ1n) is 7.85. The molecular formula is C16H22N2O4S. The number of benzene rings is 1. The Morgan fingerprint density at radius 2 is 1.91 bits per heavy atom. The van der Waals surface area contributed by atoms with E-state index in [1.165, 1.54) is 24.3 Å². The average Bonchev–Trinajstić information content (AvgIpc) is 2.80. The van der Waals surface area contributed by atoms with Gasteiger partial charge in [-0.15, -0.1) is 0 Å². The number of para-hydroxylation sites is 1. The predicted molar refractivity (Wildman–Crippen MR) is 86.4 cm³/mol. The molecule has 0 aromatic heterocycles. The van der Waals surface area contributed by atoms with Crippen LogP contribution in [0.3, 0.4) is 0 Å². The van der Waals surface area contributed by atoms with Gasteiger partial charge in [0.05, 0.1) is 4.92 Å². The molecule has 3 rings (SSSR count). The van der Waals surface area contributed by atoms with Crippen LogP contribution in [0.2, 0.25) is 0 Å². The fourth-order valence-corrected chi connectivity index (χ4v) is 6.00. The van der Waals surface area contributed by atoms with Gasteiger partial charge < -0.3 is 0 Å². The summed E-state index contributed by atoms with van der Waals surface area (Å²) in [5.74, 6) is 0.492. The zero-order chi connectivity index (χ0) is 17.0. The quantitative estimate of drug-likeness (QED) is 0.675. The zero-order valence-electron chi connectivity index (χ0n) is 13.6. The van der Waals surface area contributed by atoms with Crippen molar-refractivity contribution in [3.05, 3.63) is 34.4 Å². The molecule has 0 unspecified atom stereocenters. The fraction of sp³-hybridized carbons (Fsp3) is 0.625. The molecule has 23 heavy (non-hydrogen) atoms. The Labute approximate surface area is 136 Å². The smallest absolute Gasteiger partial charge is 0.258 e. The van der Waals surface area contributed by atoms with Gasteiger partial charge in [-0.2, -0.15) is 0 Å². The number of hydrogen-bond acceptors (Lipinski definition) is 4. The molecule has 0 amide bonds. The van der Waals surface area contributed by atoms with E-state index in [1.807, 2.05) is 0 Å². The van der Waals surface area contributed by atoms with Gasteiger partial charge >= 0.3 is 0 Å². The van der Waals surface area contributed by atoms with Crippen molar-refractivity contribution in [3.63, 3.8) is 0 Å². The molecular weight excluding hydrogens is 316 g/mol. The molecule has 0 heterocycles. The van der Waals surface area contributed by atoms with Gasteiger partial charge in [0.15, 0.2) is 4.90 Å². The molecule has 7 heteroatoms. The molecule has 2 aliphatic carbocycles. The highest BCUT2D eigenvalue weighted by molar-refractivity contribution is 7.89. The van der Waals surface area contributed by atoms with E-state index in [0.717, 1.165) is 19.3 Å². The molecule has 3 atom stereocenters.